The van der Waals surface area contributed by atoms with Crippen LogP contribution in [0.3, 0.4) is 0 Å². The van der Waals surface area contributed by atoms with Crippen LogP contribution < -0.4 is 10.3 Å². The molecule has 0 saturated carbocycles. The first-order chi connectivity index (χ1) is 12.6. The van der Waals surface area contributed by atoms with Gasteiger partial charge in [0, 0.05) is 29.1 Å². The third-order valence-electron chi connectivity index (χ3n) is 4.08. The average Bonchev–Trinajstić information content (AvgIpc) is 2.66. The summed E-state index contributed by atoms with van der Waals surface area (Å²) in [6.07, 6.45) is 3.78. The second-order valence-electron chi connectivity index (χ2n) is 5.92. The molecule has 0 aliphatic rings. The van der Waals surface area contributed by atoms with Crippen LogP contribution in [-0.2, 0) is 17.7 Å². The fourth-order valence-corrected chi connectivity index (χ4v) is 2.69. The largest absolute Gasteiger partial charge is 0.461 e. The summed E-state index contributed by atoms with van der Waals surface area (Å²) in [5.74, 6) is -0.599. The van der Waals surface area contributed by atoms with E-state index in [4.69, 9.17) is 0 Å². The van der Waals surface area contributed by atoms with Gasteiger partial charge in [0.2, 0.25) is 6.20 Å². The lowest BCUT2D eigenvalue weighted by molar-refractivity contribution is -0.906. The number of pyridine rings is 2. The van der Waals surface area contributed by atoms with Crippen LogP contribution in [0.1, 0.15) is 27.2 Å². The summed E-state index contributed by atoms with van der Waals surface area (Å²) < 4.78 is 7.05. The Labute approximate surface area is 150 Å². The number of benzene rings is 1. The Morgan fingerprint density at radius 1 is 1.08 bits per heavy atom. The molecule has 0 fully saturated rings. The van der Waals surface area contributed by atoms with Gasteiger partial charge in [-0.2, -0.15) is 0 Å². The molecule has 0 aliphatic heterocycles. The normalized spacial score (nSPS) is 10.5. The quantitative estimate of drug-likeness (QED) is 0.432. The Bertz CT molecular complexity index is 978. The number of hydrogen-bond donors (Lipinski definition) is 1. The summed E-state index contributed by atoms with van der Waals surface area (Å²) in [6, 6.07) is 16.4. The fraction of sp³-hybridized carbons (Fsp3) is 0.150. The van der Waals surface area contributed by atoms with Gasteiger partial charge in [0.05, 0.1) is 13.7 Å². The molecule has 26 heavy (non-hydrogen) atoms. The third-order valence-corrected chi connectivity index (χ3v) is 4.08. The summed E-state index contributed by atoms with van der Waals surface area (Å²) in [5, 5.41) is 9.69. The Morgan fingerprint density at radius 2 is 1.81 bits per heavy atom. The molecule has 3 rings (SSSR count). The highest BCUT2D eigenvalue weighted by Gasteiger charge is 2.21. The lowest BCUT2D eigenvalue weighted by Gasteiger charge is -2.07. The van der Waals surface area contributed by atoms with E-state index in [0.717, 1.165) is 21.4 Å². The summed E-state index contributed by atoms with van der Waals surface area (Å²) >= 11 is 0. The maximum atomic E-state index is 11.8. The number of carbonyl (C=O) groups is 1. The van der Waals surface area contributed by atoms with Gasteiger partial charge in [0.25, 0.3) is 5.56 Å². The first-order valence-corrected chi connectivity index (χ1v) is 8.12. The molecule has 0 aliphatic carbocycles. The lowest BCUT2D eigenvalue weighted by atomic mass is 10.0. The SMILES string of the molecule is COC(=O)c1cc(Cc2ccc(Cn3ccccc3=O)cc2)cc[n+]1O. The van der Waals surface area contributed by atoms with Crippen molar-refractivity contribution in [1.29, 1.82) is 0 Å². The first kappa shape index (κ1) is 17.4. The van der Waals surface area contributed by atoms with E-state index in [9.17, 15) is 14.8 Å². The zero-order chi connectivity index (χ0) is 18.5. The van der Waals surface area contributed by atoms with Crippen LogP contribution in [0.2, 0.25) is 0 Å². The minimum absolute atomic E-state index is 0.0338. The Hall–Kier alpha value is -3.41. The van der Waals surface area contributed by atoms with E-state index in [-0.39, 0.29) is 11.3 Å². The summed E-state index contributed by atoms with van der Waals surface area (Å²) in [4.78, 5) is 23.4. The molecule has 3 aromatic rings. The number of esters is 1. The Morgan fingerprint density at radius 3 is 2.50 bits per heavy atom. The molecule has 0 atom stereocenters. The molecule has 1 N–H and O–H groups in total. The van der Waals surface area contributed by atoms with Crippen molar-refractivity contribution in [3.8, 4) is 0 Å². The number of rotatable bonds is 5. The predicted octanol–water partition coefficient (Wildman–Crippen LogP) is 1.80. The monoisotopic (exact) mass is 351 g/mol. The van der Waals surface area contributed by atoms with Gasteiger partial charge in [-0.3, -0.25) is 10.0 Å². The van der Waals surface area contributed by atoms with Crippen LogP contribution in [0.5, 0.6) is 0 Å². The van der Waals surface area contributed by atoms with Gasteiger partial charge in [0.15, 0.2) is 0 Å². The molecule has 132 valence electrons. The van der Waals surface area contributed by atoms with E-state index in [1.807, 2.05) is 30.3 Å². The van der Waals surface area contributed by atoms with E-state index in [0.29, 0.717) is 13.0 Å². The molecule has 0 unspecified atom stereocenters. The molecular weight excluding hydrogens is 332 g/mol. The highest BCUT2D eigenvalue weighted by molar-refractivity contribution is 5.85. The van der Waals surface area contributed by atoms with Crippen molar-refractivity contribution >= 4 is 5.97 Å². The molecule has 0 radical (unpaired) electrons. The van der Waals surface area contributed by atoms with E-state index in [1.165, 1.54) is 19.4 Å². The van der Waals surface area contributed by atoms with Crippen molar-refractivity contribution in [3.63, 3.8) is 0 Å². The molecule has 1 aromatic carbocycles. The van der Waals surface area contributed by atoms with Crippen LogP contribution in [0, 0.1) is 0 Å². The molecule has 2 aromatic heterocycles. The zero-order valence-electron chi connectivity index (χ0n) is 14.3. The second-order valence-corrected chi connectivity index (χ2v) is 5.92. The summed E-state index contributed by atoms with van der Waals surface area (Å²) in [5.41, 5.74) is 3.00. The van der Waals surface area contributed by atoms with Gasteiger partial charge < -0.3 is 9.30 Å². The maximum absolute atomic E-state index is 11.8. The number of hydrogen-bond acceptors (Lipinski definition) is 4. The molecule has 0 spiro atoms. The number of nitrogens with zero attached hydrogens (tertiary/aromatic N) is 2. The highest BCUT2D eigenvalue weighted by Crippen LogP contribution is 2.12. The zero-order valence-corrected chi connectivity index (χ0v) is 14.3. The summed E-state index contributed by atoms with van der Waals surface area (Å²) in [7, 11) is 1.27. The van der Waals surface area contributed by atoms with Crippen LogP contribution in [0.25, 0.3) is 0 Å². The maximum Gasteiger partial charge on any atom is 0.408 e. The van der Waals surface area contributed by atoms with Crippen molar-refractivity contribution in [3.05, 3.63) is 99.7 Å². The minimum atomic E-state index is -0.599. The van der Waals surface area contributed by atoms with Crippen LogP contribution in [0.15, 0.2) is 71.8 Å². The molecule has 0 saturated heterocycles. The fourth-order valence-electron chi connectivity index (χ4n) is 2.69. The molecule has 6 nitrogen and oxygen atoms in total. The van der Waals surface area contributed by atoms with Crippen molar-refractivity contribution in [2.45, 2.75) is 13.0 Å². The van der Waals surface area contributed by atoms with Crippen molar-refractivity contribution in [1.82, 2.24) is 4.57 Å². The second kappa shape index (κ2) is 7.65. The minimum Gasteiger partial charge on any atom is -0.461 e. The van der Waals surface area contributed by atoms with Gasteiger partial charge in [-0.05, 0) is 29.2 Å². The predicted molar refractivity (Wildman–Crippen MR) is 94.2 cm³/mol. The Balaban J connectivity index is 1.75. The van der Waals surface area contributed by atoms with E-state index >= 15 is 0 Å². The van der Waals surface area contributed by atoms with Gasteiger partial charge in [-0.15, -0.1) is 0 Å². The van der Waals surface area contributed by atoms with Crippen molar-refractivity contribution in [2.75, 3.05) is 7.11 Å². The molecule has 2 heterocycles. The topological polar surface area (TPSA) is 72.4 Å². The summed E-state index contributed by atoms with van der Waals surface area (Å²) in [6.45, 7) is 0.516. The first-order valence-electron chi connectivity index (χ1n) is 8.12. The number of carbonyl (C=O) groups excluding carboxylic acids is 1. The standard InChI is InChI=1S/C20H19N2O4/c1-26-20(24)18-13-17(9-11-22(18)25)12-15-5-7-16(8-6-15)14-21-10-3-2-4-19(21)23/h2-11,13,25H,12,14H2,1H3/q+1. The molecule has 6 heteroatoms. The number of aromatic nitrogens is 2. The van der Waals surface area contributed by atoms with Gasteiger partial charge in [-0.25, -0.2) is 4.79 Å². The van der Waals surface area contributed by atoms with E-state index < -0.39 is 5.97 Å². The van der Waals surface area contributed by atoms with Gasteiger partial charge in [-0.1, -0.05) is 30.3 Å². The van der Waals surface area contributed by atoms with E-state index in [2.05, 4.69) is 4.74 Å². The van der Waals surface area contributed by atoms with E-state index in [1.54, 1.807) is 29.0 Å². The van der Waals surface area contributed by atoms with Crippen LogP contribution >= 0.6 is 0 Å². The van der Waals surface area contributed by atoms with Crippen LogP contribution in [0.4, 0.5) is 0 Å². The smallest absolute Gasteiger partial charge is 0.408 e. The van der Waals surface area contributed by atoms with Crippen LogP contribution in [-0.4, -0.2) is 22.9 Å². The van der Waals surface area contributed by atoms with Crippen molar-refractivity contribution < 1.29 is 19.5 Å². The lowest BCUT2D eigenvalue weighted by Crippen LogP contribution is -2.37. The highest BCUT2D eigenvalue weighted by atomic mass is 16.5. The Kier molecular flexibility index (Phi) is 5.12. The molecule has 0 bridgehead atoms. The third kappa shape index (κ3) is 3.97. The molecule has 0 amide bonds. The number of methoxy groups -OCH3 is 1. The number of ether oxygens (including phenoxy) is 1. The molecular formula is C20H19N2O4+. The average molecular weight is 351 g/mol. The van der Waals surface area contributed by atoms with Gasteiger partial charge >= 0.3 is 11.7 Å². The van der Waals surface area contributed by atoms with Gasteiger partial charge in [0.1, 0.15) is 0 Å². The van der Waals surface area contributed by atoms with Crippen molar-refractivity contribution in [2.24, 2.45) is 0 Å².